The molecule has 134 valence electrons. The van der Waals surface area contributed by atoms with Crippen LogP contribution < -0.4 is 9.64 Å². The fraction of sp³-hybridized carbons (Fsp3) is 0.350. The number of benzene rings is 2. The van der Waals surface area contributed by atoms with Gasteiger partial charge < -0.3 is 9.64 Å². The standard InChI is InChI=1S/C20H23BrClNO2/c1-3-16-14-17(8-9-19(16)21)23(12-11-22)20(24)10-7-15-5-4-6-18(13-15)25-2/h4-6,8-9,13-14H,3,7,10-12H2,1-2H3. The average Bonchev–Trinajstić information content (AvgIpc) is 2.65. The predicted molar refractivity (Wildman–Crippen MR) is 108 cm³/mol. The Balaban J connectivity index is 2.12. The van der Waals surface area contributed by atoms with Gasteiger partial charge in [-0.15, -0.1) is 11.6 Å². The van der Waals surface area contributed by atoms with Crippen molar-refractivity contribution in [1.29, 1.82) is 0 Å². The van der Waals surface area contributed by atoms with Gasteiger partial charge in [-0.3, -0.25) is 4.79 Å². The molecule has 0 aliphatic heterocycles. The summed E-state index contributed by atoms with van der Waals surface area (Å²) in [5.74, 6) is 1.29. The van der Waals surface area contributed by atoms with E-state index in [0.29, 0.717) is 25.3 Å². The first kappa shape index (κ1) is 19.8. The highest BCUT2D eigenvalue weighted by Crippen LogP contribution is 2.25. The maximum atomic E-state index is 12.8. The molecule has 0 fully saturated rings. The van der Waals surface area contributed by atoms with Gasteiger partial charge in [0.2, 0.25) is 5.91 Å². The lowest BCUT2D eigenvalue weighted by molar-refractivity contribution is -0.118. The zero-order valence-electron chi connectivity index (χ0n) is 14.6. The van der Waals surface area contributed by atoms with Crippen LogP contribution in [0.2, 0.25) is 0 Å². The van der Waals surface area contributed by atoms with Crippen LogP contribution in [0.25, 0.3) is 0 Å². The normalized spacial score (nSPS) is 10.6. The molecule has 0 unspecified atom stereocenters. The van der Waals surface area contributed by atoms with Crippen molar-refractivity contribution in [1.82, 2.24) is 0 Å². The number of alkyl halides is 1. The smallest absolute Gasteiger partial charge is 0.227 e. The van der Waals surface area contributed by atoms with Gasteiger partial charge in [0, 0.05) is 29.0 Å². The summed E-state index contributed by atoms with van der Waals surface area (Å²) in [5.41, 5.74) is 3.16. The number of carbonyl (C=O) groups is 1. The minimum atomic E-state index is 0.0767. The fourth-order valence-electron chi connectivity index (χ4n) is 2.70. The van der Waals surface area contributed by atoms with Gasteiger partial charge in [0.05, 0.1) is 7.11 Å². The largest absolute Gasteiger partial charge is 0.497 e. The van der Waals surface area contributed by atoms with E-state index < -0.39 is 0 Å². The lowest BCUT2D eigenvalue weighted by Gasteiger charge is -2.23. The van der Waals surface area contributed by atoms with E-state index in [4.69, 9.17) is 16.3 Å². The highest BCUT2D eigenvalue weighted by atomic mass is 79.9. The van der Waals surface area contributed by atoms with E-state index in [1.165, 1.54) is 5.56 Å². The minimum absolute atomic E-state index is 0.0767. The molecule has 1 amide bonds. The molecular weight excluding hydrogens is 402 g/mol. The van der Waals surface area contributed by atoms with E-state index in [2.05, 4.69) is 28.9 Å². The Labute approximate surface area is 163 Å². The predicted octanol–water partition coefficient (Wildman–Crippen LogP) is 5.22. The van der Waals surface area contributed by atoms with Crippen LogP contribution in [0.3, 0.4) is 0 Å². The molecule has 0 heterocycles. The summed E-state index contributed by atoms with van der Waals surface area (Å²) >= 11 is 9.48. The third-order valence-electron chi connectivity index (χ3n) is 4.09. The molecule has 0 aliphatic rings. The van der Waals surface area contributed by atoms with Gasteiger partial charge in [-0.05, 0) is 54.3 Å². The molecule has 5 heteroatoms. The SMILES string of the molecule is CCc1cc(N(CCCl)C(=O)CCc2cccc(OC)c2)ccc1Br. The molecule has 0 N–H and O–H groups in total. The van der Waals surface area contributed by atoms with Crippen LogP contribution in [-0.2, 0) is 17.6 Å². The van der Waals surface area contributed by atoms with Crippen LogP contribution >= 0.6 is 27.5 Å². The van der Waals surface area contributed by atoms with Crippen molar-refractivity contribution in [3.8, 4) is 5.75 Å². The number of halogens is 2. The van der Waals surface area contributed by atoms with Gasteiger partial charge in [-0.25, -0.2) is 0 Å². The number of anilines is 1. The van der Waals surface area contributed by atoms with Crippen LogP contribution in [-0.4, -0.2) is 25.4 Å². The zero-order valence-corrected chi connectivity index (χ0v) is 16.9. The number of hydrogen-bond acceptors (Lipinski definition) is 2. The highest BCUT2D eigenvalue weighted by Gasteiger charge is 2.16. The van der Waals surface area contributed by atoms with E-state index in [-0.39, 0.29) is 5.91 Å². The number of ether oxygens (including phenoxy) is 1. The average molecular weight is 425 g/mol. The monoisotopic (exact) mass is 423 g/mol. The second-order valence-corrected chi connectivity index (χ2v) is 6.95. The lowest BCUT2D eigenvalue weighted by Crippen LogP contribution is -2.33. The second kappa shape index (κ2) is 9.83. The highest BCUT2D eigenvalue weighted by molar-refractivity contribution is 9.10. The molecule has 2 aromatic carbocycles. The summed E-state index contributed by atoms with van der Waals surface area (Å²) in [6, 6.07) is 13.8. The van der Waals surface area contributed by atoms with Crippen molar-refractivity contribution in [3.05, 3.63) is 58.1 Å². The number of rotatable bonds is 8. The first-order valence-electron chi connectivity index (χ1n) is 8.36. The summed E-state index contributed by atoms with van der Waals surface area (Å²) in [6.45, 7) is 2.60. The number of aryl methyl sites for hydroxylation is 2. The quantitative estimate of drug-likeness (QED) is 0.543. The van der Waals surface area contributed by atoms with Crippen molar-refractivity contribution < 1.29 is 9.53 Å². The van der Waals surface area contributed by atoms with Crippen LogP contribution in [0.4, 0.5) is 5.69 Å². The Morgan fingerprint density at radius 2 is 2.04 bits per heavy atom. The summed E-state index contributed by atoms with van der Waals surface area (Å²) in [7, 11) is 1.64. The Morgan fingerprint density at radius 3 is 2.72 bits per heavy atom. The molecule has 2 aromatic rings. The Bertz CT molecular complexity index is 721. The summed E-state index contributed by atoms with van der Waals surface area (Å²) in [4.78, 5) is 14.5. The van der Waals surface area contributed by atoms with Gasteiger partial charge in [0.15, 0.2) is 0 Å². The lowest BCUT2D eigenvalue weighted by atomic mass is 10.1. The fourth-order valence-corrected chi connectivity index (χ4v) is 3.39. The molecule has 3 nitrogen and oxygen atoms in total. The molecule has 0 aromatic heterocycles. The van der Waals surface area contributed by atoms with Crippen molar-refractivity contribution in [2.24, 2.45) is 0 Å². The van der Waals surface area contributed by atoms with E-state index in [1.54, 1.807) is 12.0 Å². The first-order chi connectivity index (χ1) is 12.1. The maximum absolute atomic E-state index is 12.8. The van der Waals surface area contributed by atoms with Crippen molar-refractivity contribution in [2.45, 2.75) is 26.2 Å². The summed E-state index contributed by atoms with van der Waals surface area (Å²) < 4.78 is 6.30. The Hall–Kier alpha value is -1.52. The summed E-state index contributed by atoms with van der Waals surface area (Å²) in [6.07, 6.45) is 2.01. The van der Waals surface area contributed by atoms with Crippen LogP contribution in [0.1, 0.15) is 24.5 Å². The van der Waals surface area contributed by atoms with E-state index >= 15 is 0 Å². The third-order valence-corrected chi connectivity index (χ3v) is 5.04. The van der Waals surface area contributed by atoms with Gasteiger partial charge in [-0.2, -0.15) is 0 Å². The van der Waals surface area contributed by atoms with Crippen LogP contribution in [0, 0.1) is 0 Å². The molecular formula is C20H23BrClNO2. The Kier molecular flexibility index (Phi) is 7.79. The van der Waals surface area contributed by atoms with Crippen molar-refractivity contribution >= 4 is 39.1 Å². The van der Waals surface area contributed by atoms with E-state index in [1.807, 2.05) is 36.4 Å². The maximum Gasteiger partial charge on any atom is 0.227 e. The molecule has 25 heavy (non-hydrogen) atoms. The van der Waals surface area contributed by atoms with Gasteiger partial charge in [0.1, 0.15) is 5.75 Å². The minimum Gasteiger partial charge on any atom is -0.497 e. The van der Waals surface area contributed by atoms with Gasteiger partial charge in [0.25, 0.3) is 0 Å². The first-order valence-corrected chi connectivity index (χ1v) is 9.69. The number of carbonyl (C=O) groups excluding carboxylic acids is 1. The van der Waals surface area contributed by atoms with Crippen LogP contribution in [0.15, 0.2) is 46.9 Å². The number of nitrogens with zero attached hydrogens (tertiary/aromatic N) is 1. The molecule has 2 rings (SSSR count). The molecule has 0 atom stereocenters. The number of methoxy groups -OCH3 is 1. The van der Waals surface area contributed by atoms with Gasteiger partial charge in [-0.1, -0.05) is 35.0 Å². The number of hydrogen-bond donors (Lipinski definition) is 0. The van der Waals surface area contributed by atoms with Gasteiger partial charge >= 0.3 is 0 Å². The molecule has 0 saturated heterocycles. The topological polar surface area (TPSA) is 29.5 Å². The molecule has 0 bridgehead atoms. The molecule has 0 radical (unpaired) electrons. The zero-order chi connectivity index (χ0) is 18.2. The second-order valence-electron chi connectivity index (χ2n) is 5.72. The van der Waals surface area contributed by atoms with Crippen LogP contribution in [0.5, 0.6) is 5.75 Å². The molecule has 0 spiro atoms. The Morgan fingerprint density at radius 1 is 1.24 bits per heavy atom. The molecule has 0 aliphatic carbocycles. The molecule has 0 saturated carbocycles. The third kappa shape index (κ3) is 5.48. The van der Waals surface area contributed by atoms with E-state index in [0.717, 1.165) is 27.9 Å². The van der Waals surface area contributed by atoms with E-state index in [9.17, 15) is 4.79 Å². The van der Waals surface area contributed by atoms with Crippen molar-refractivity contribution in [3.63, 3.8) is 0 Å². The number of amides is 1. The van der Waals surface area contributed by atoms with Crippen molar-refractivity contribution in [2.75, 3.05) is 24.4 Å². The summed E-state index contributed by atoms with van der Waals surface area (Å²) in [5, 5.41) is 0.